The van der Waals surface area contributed by atoms with E-state index < -0.39 is 0 Å². The summed E-state index contributed by atoms with van der Waals surface area (Å²) in [5.41, 5.74) is 2.88. The van der Waals surface area contributed by atoms with Gasteiger partial charge in [0.15, 0.2) is 0 Å². The zero-order valence-corrected chi connectivity index (χ0v) is 10.9. The molecule has 1 rings (SSSR count). The first-order valence-corrected chi connectivity index (χ1v) is 5.75. The smallest absolute Gasteiger partial charge is 0.264 e. The van der Waals surface area contributed by atoms with Crippen LogP contribution in [0.2, 0.25) is 0 Å². The molecule has 0 aliphatic rings. The highest BCUT2D eigenvalue weighted by Gasteiger charge is 2.18. The molecule has 0 unspecified atom stereocenters. The molecule has 0 heterocycles. The van der Waals surface area contributed by atoms with Crippen molar-refractivity contribution >= 4 is 11.6 Å². The van der Waals surface area contributed by atoms with Gasteiger partial charge in [-0.25, -0.2) is 0 Å². The quantitative estimate of drug-likeness (QED) is 0.793. The summed E-state index contributed by atoms with van der Waals surface area (Å²) in [7, 11) is 1.51. The van der Waals surface area contributed by atoms with Crippen LogP contribution in [0, 0.1) is 13.8 Å². The normalized spacial score (nSPS) is 10.4. The lowest BCUT2D eigenvalue weighted by Gasteiger charge is -2.23. The maximum Gasteiger partial charge on any atom is 0.264 e. The highest BCUT2D eigenvalue weighted by atomic mass is 16.7. The Kier molecular flexibility index (Phi) is 5.12. The van der Waals surface area contributed by atoms with E-state index in [2.05, 4.69) is 5.32 Å². The molecule has 1 aromatic rings. The van der Waals surface area contributed by atoms with Gasteiger partial charge in [-0.05, 0) is 31.5 Å². The number of benzene rings is 1. The summed E-state index contributed by atoms with van der Waals surface area (Å²) in [6.07, 6.45) is 0. The van der Waals surface area contributed by atoms with E-state index in [9.17, 15) is 4.79 Å². The molecular formula is C13H20N2O2. The third kappa shape index (κ3) is 3.28. The van der Waals surface area contributed by atoms with Crippen molar-refractivity contribution in [2.75, 3.05) is 25.3 Å². The summed E-state index contributed by atoms with van der Waals surface area (Å²) >= 11 is 0. The molecule has 0 bridgehead atoms. The first-order chi connectivity index (χ1) is 8.11. The zero-order valence-electron chi connectivity index (χ0n) is 10.9. The molecule has 4 heteroatoms. The monoisotopic (exact) mass is 236 g/mol. The number of amides is 1. The van der Waals surface area contributed by atoms with Crippen LogP contribution in [0.25, 0.3) is 0 Å². The fourth-order valence-electron chi connectivity index (χ4n) is 1.75. The van der Waals surface area contributed by atoms with Crippen LogP contribution < -0.4 is 10.4 Å². The Morgan fingerprint density at radius 1 is 1.35 bits per heavy atom. The van der Waals surface area contributed by atoms with Gasteiger partial charge in [-0.1, -0.05) is 25.1 Å². The van der Waals surface area contributed by atoms with Crippen molar-refractivity contribution in [2.24, 2.45) is 0 Å². The number of anilines is 1. The van der Waals surface area contributed by atoms with Crippen molar-refractivity contribution in [1.29, 1.82) is 0 Å². The minimum Gasteiger partial charge on any atom is -0.309 e. The van der Waals surface area contributed by atoms with E-state index in [1.807, 2.05) is 39.0 Å². The van der Waals surface area contributed by atoms with E-state index in [4.69, 9.17) is 4.84 Å². The average molecular weight is 236 g/mol. The molecule has 1 amide bonds. The van der Waals surface area contributed by atoms with Crippen LogP contribution in [0.15, 0.2) is 18.2 Å². The van der Waals surface area contributed by atoms with Gasteiger partial charge in [0.1, 0.15) is 0 Å². The number of hydrogen-bond acceptors (Lipinski definition) is 3. The van der Waals surface area contributed by atoms with Crippen molar-refractivity contribution in [1.82, 2.24) is 5.32 Å². The van der Waals surface area contributed by atoms with Crippen LogP contribution in [0.3, 0.4) is 0 Å². The molecule has 0 spiro atoms. The summed E-state index contributed by atoms with van der Waals surface area (Å²) in [5.74, 6) is -0.0910. The summed E-state index contributed by atoms with van der Waals surface area (Å²) in [6, 6.07) is 5.90. The van der Waals surface area contributed by atoms with Crippen LogP contribution in [0.4, 0.5) is 5.69 Å². The Hall–Kier alpha value is -1.39. The number of hydrogen-bond donors (Lipinski definition) is 1. The predicted octanol–water partition coefficient (Wildman–Crippen LogP) is 1.81. The Balaban J connectivity index is 2.97. The molecule has 0 saturated carbocycles. The van der Waals surface area contributed by atoms with Crippen molar-refractivity contribution in [3.05, 3.63) is 29.3 Å². The SMILES string of the molecule is CCNCC(=O)N(OC)c1c(C)cccc1C. The maximum absolute atomic E-state index is 12.0. The van der Waals surface area contributed by atoms with Crippen LogP contribution in [-0.4, -0.2) is 26.1 Å². The second kappa shape index (κ2) is 6.37. The lowest BCUT2D eigenvalue weighted by atomic mass is 10.1. The molecule has 0 saturated heterocycles. The fourth-order valence-corrected chi connectivity index (χ4v) is 1.75. The summed E-state index contributed by atoms with van der Waals surface area (Å²) < 4.78 is 0. The van der Waals surface area contributed by atoms with E-state index in [0.717, 1.165) is 23.4 Å². The molecule has 94 valence electrons. The third-order valence-electron chi connectivity index (χ3n) is 2.58. The average Bonchev–Trinajstić information content (AvgIpc) is 2.31. The molecule has 17 heavy (non-hydrogen) atoms. The number of nitrogens with one attached hydrogen (secondary N) is 1. The van der Waals surface area contributed by atoms with Gasteiger partial charge in [-0.15, -0.1) is 0 Å². The fraction of sp³-hybridized carbons (Fsp3) is 0.462. The standard InChI is InChI=1S/C13H20N2O2/c1-5-14-9-12(16)15(17-4)13-10(2)7-6-8-11(13)3/h6-8,14H,5,9H2,1-4H3. The van der Waals surface area contributed by atoms with Crippen molar-refractivity contribution in [2.45, 2.75) is 20.8 Å². The second-order valence-electron chi connectivity index (χ2n) is 3.89. The number of nitrogens with zero attached hydrogens (tertiary/aromatic N) is 1. The molecule has 0 aliphatic heterocycles. The minimum absolute atomic E-state index is 0.0910. The van der Waals surface area contributed by atoms with Gasteiger partial charge in [-0.3, -0.25) is 9.63 Å². The van der Waals surface area contributed by atoms with E-state index in [-0.39, 0.29) is 12.5 Å². The van der Waals surface area contributed by atoms with Crippen molar-refractivity contribution < 1.29 is 9.63 Å². The first-order valence-electron chi connectivity index (χ1n) is 5.75. The predicted molar refractivity (Wildman–Crippen MR) is 69.0 cm³/mol. The molecule has 0 aliphatic carbocycles. The summed E-state index contributed by atoms with van der Waals surface area (Å²) in [6.45, 7) is 6.93. The molecule has 0 aromatic heterocycles. The Bertz CT molecular complexity index is 371. The summed E-state index contributed by atoms with van der Waals surface area (Å²) in [5, 5.41) is 4.35. The number of likely N-dealkylation sites (N-methyl/N-ethyl adjacent to an activating group) is 1. The lowest BCUT2D eigenvalue weighted by Crippen LogP contribution is -2.38. The third-order valence-corrected chi connectivity index (χ3v) is 2.58. The number of carbonyl (C=O) groups excluding carboxylic acids is 1. The van der Waals surface area contributed by atoms with Crippen LogP contribution in [-0.2, 0) is 9.63 Å². The second-order valence-corrected chi connectivity index (χ2v) is 3.89. The molecule has 1 N–H and O–H groups in total. The van der Waals surface area contributed by atoms with E-state index >= 15 is 0 Å². The Labute approximate surface area is 103 Å². The van der Waals surface area contributed by atoms with Crippen LogP contribution in [0.1, 0.15) is 18.1 Å². The van der Waals surface area contributed by atoms with Crippen LogP contribution >= 0.6 is 0 Å². The molecular weight excluding hydrogens is 216 g/mol. The highest BCUT2D eigenvalue weighted by molar-refractivity contribution is 5.94. The zero-order chi connectivity index (χ0) is 12.8. The van der Waals surface area contributed by atoms with E-state index in [1.165, 1.54) is 12.2 Å². The van der Waals surface area contributed by atoms with Gasteiger partial charge < -0.3 is 5.32 Å². The van der Waals surface area contributed by atoms with Gasteiger partial charge in [0, 0.05) is 0 Å². The van der Waals surface area contributed by atoms with Gasteiger partial charge in [0.05, 0.1) is 19.3 Å². The Morgan fingerprint density at radius 2 is 1.94 bits per heavy atom. The molecule has 1 aromatic carbocycles. The highest BCUT2D eigenvalue weighted by Crippen LogP contribution is 2.24. The number of para-hydroxylation sites is 1. The number of hydroxylamine groups is 1. The van der Waals surface area contributed by atoms with Gasteiger partial charge in [0.2, 0.25) is 0 Å². The largest absolute Gasteiger partial charge is 0.309 e. The van der Waals surface area contributed by atoms with Gasteiger partial charge in [-0.2, -0.15) is 5.06 Å². The molecule has 4 nitrogen and oxygen atoms in total. The molecule has 0 radical (unpaired) electrons. The van der Waals surface area contributed by atoms with Gasteiger partial charge in [0.25, 0.3) is 5.91 Å². The van der Waals surface area contributed by atoms with Gasteiger partial charge >= 0.3 is 0 Å². The number of carbonyl (C=O) groups is 1. The first kappa shape index (κ1) is 13.7. The molecule has 0 fully saturated rings. The van der Waals surface area contributed by atoms with Crippen LogP contribution in [0.5, 0.6) is 0 Å². The van der Waals surface area contributed by atoms with E-state index in [1.54, 1.807) is 0 Å². The molecule has 0 atom stereocenters. The Morgan fingerprint density at radius 3 is 2.41 bits per heavy atom. The number of aryl methyl sites for hydroxylation is 2. The topological polar surface area (TPSA) is 41.6 Å². The van der Waals surface area contributed by atoms with E-state index in [0.29, 0.717) is 0 Å². The minimum atomic E-state index is -0.0910. The summed E-state index contributed by atoms with van der Waals surface area (Å²) in [4.78, 5) is 17.2. The number of rotatable bonds is 5. The van der Waals surface area contributed by atoms with Crippen molar-refractivity contribution in [3.8, 4) is 0 Å². The van der Waals surface area contributed by atoms with Crippen molar-refractivity contribution in [3.63, 3.8) is 0 Å². The maximum atomic E-state index is 12.0. The lowest BCUT2D eigenvalue weighted by molar-refractivity contribution is -0.123.